The van der Waals surface area contributed by atoms with E-state index in [-0.39, 0.29) is 0 Å². The number of hydrogen-bond acceptors (Lipinski definition) is 2. The summed E-state index contributed by atoms with van der Waals surface area (Å²) >= 11 is 0. The number of rotatable bonds is 2. The molecule has 0 aliphatic heterocycles. The zero-order valence-electron chi connectivity index (χ0n) is 8.47. The molecule has 0 fully saturated rings. The van der Waals surface area contributed by atoms with E-state index >= 15 is 0 Å². The highest BCUT2D eigenvalue weighted by molar-refractivity contribution is 6.05. The maximum absolute atomic E-state index is 10.6. The molecule has 1 aromatic carbocycles. The van der Waals surface area contributed by atoms with Crippen LogP contribution in [0.15, 0.2) is 41.4 Å². The summed E-state index contributed by atoms with van der Waals surface area (Å²) in [6, 6.07) is 9.09. The van der Waals surface area contributed by atoms with Crippen LogP contribution in [0.3, 0.4) is 0 Å². The fourth-order valence-electron chi connectivity index (χ4n) is 1.04. The Hall–Kier alpha value is -2.10. The van der Waals surface area contributed by atoms with Gasteiger partial charge in [0, 0.05) is 7.05 Å². The van der Waals surface area contributed by atoms with Gasteiger partial charge in [-0.05, 0) is 11.6 Å². The fourth-order valence-corrected chi connectivity index (χ4v) is 1.04. The zero-order valence-corrected chi connectivity index (χ0v) is 8.47. The summed E-state index contributed by atoms with van der Waals surface area (Å²) in [5.41, 5.74) is 6.01. The number of primary amides is 1. The Balaban J connectivity index is 2.68. The van der Waals surface area contributed by atoms with Crippen molar-refractivity contribution in [2.75, 3.05) is 7.05 Å². The van der Waals surface area contributed by atoms with Crippen molar-refractivity contribution >= 4 is 17.9 Å². The van der Waals surface area contributed by atoms with E-state index in [2.05, 4.69) is 10.3 Å². The van der Waals surface area contributed by atoms with Crippen molar-refractivity contribution in [3.63, 3.8) is 0 Å². The average Bonchev–Trinajstić information content (AvgIpc) is 2.25. The fraction of sp³-hybridized carbons (Fsp3) is 0.0909. The Bertz CT molecular complexity index is 382. The summed E-state index contributed by atoms with van der Waals surface area (Å²) in [6.07, 6.45) is 3.54. The monoisotopic (exact) mass is 203 g/mol. The number of hydrogen-bond donors (Lipinski definition) is 2. The van der Waals surface area contributed by atoms with Crippen molar-refractivity contribution < 1.29 is 4.79 Å². The first-order valence-electron chi connectivity index (χ1n) is 4.48. The van der Waals surface area contributed by atoms with Gasteiger partial charge >= 0.3 is 6.03 Å². The number of amides is 2. The van der Waals surface area contributed by atoms with E-state index in [9.17, 15) is 4.79 Å². The van der Waals surface area contributed by atoms with Crippen LogP contribution in [0.2, 0.25) is 0 Å². The van der Waals surface area contributed by atoms with Crippen LogP contribution in [0.5, 0.6) is 0 Å². The van der Waals surface area contributed by atoms with E-state index in [0.29, 0.717) is 5.84 Å². The van der Waals surface area contributed by atoms with Crippen LogP contribution in [0.1, 0.15) is 5.56 Å². The second-order valence-electron chi connectivity index (χ2n) is 2.84. The molecule has 4 nitrogen and oxygen atoms in total. The van der Waals surface area contributed by atoms with Gasteiger partial charge in [-0.3, -0.25) is 10.3 Å². The molecule has 4 heteroatoms. The molecule has 0 bridgehead atoms. The van der Waals surface area contributed by atoms with Crippen molar-refractivity contribution in [1.29, 1.82) is 0 Å². The normalized spacial score (nSPS) is 11.7. The number of nitrogens with two attached hydrogens (primary N) is 1. The van der Waals surface area contributed by atoms with Gasteiger partial charge in [-0.1, -0.05) is 36.4 Å². The minimum atomic E-state index is -0.617. The summed E-state index contributed by atoms with van der Waals surface area (Å²) in [4.78, 5) is 14.4. The van der Waals surface area contributed by atoms with Gasteiger partial charge in [0.25, 0.3) is 0 Å². The molecule has 1 aromatic rings. The molecule has 1 rings (SSSR count). The van der Waals surface area contributed by atoms with Gasteiger partial charge in [-0.25, -0.2) is 4.79 Å². The molecule has 0 atom stereocenters. The van der Waals surface area contributed by atoms with Crippen LogP contribution in [-0.2, 0) is 0 Å². The van der Waals surface area contributed by atoms with Crippen LogP contribution in [0.4, 0.5) is 4.79 Å². The number of nitrogens with zero attached hydrogens (tertiary/aromatic N) is 1. The highest BCUT2D eigenvalue weighted by atomic mass is 16.2. The number of amidine groups is 1. The SMILES string of the molecule is CN=C(C=Cc1ccccc1)NC(N)=O. The van der Waals surface area contributed by atoms with E-state index in [1.165, 1.54) is 0 Å². The third-order valence-corrected chi connectivity index (χ3v) is 1.73. The summed E-state index contributed by atoms with van der Waals surface area (Å²) in [7, 11) is 1.58. The average molecular weight is 203 g/mol. The lowest BCUT2D eigenvalue weighted by Gasteiger charge is -1.99. The molecule has 0 heterocycles. The molecule has 0 aromatic heterocycles. The highest BCUT2D eigenvalue weighted by Gasteiger charge is 1.95. The largest absolute Gasteiger partial charge is 0.351 e. The third kappa shape index (κ3) is 4.08. The third-order valence-electron chi connectivity index (χ3n) is 1.73. The van der Waals surface area contributed by atoms with Crippen molar-refractivity contribution in [3.05, 3.63) is 42.0 Å². The maximum atomic E-state index is 10.6. The standard InChI is InChI=1S/C11H13N3O/c1-13-10(14-11(12)15)8-7-9-5-3-2-4-6-9/h2-8H,1H3,(H3,12,13,14,15). The zero-order chi connectivity index (χ0) is 11.1. The van der Waals surface area contributed by atoms with Gasteiger partial charge in [0.15, 0.2) is 0 Å². The molecule has 0 aliphatic rings. The number of carbonyl (C=O) groups is 1. The lowest BCUT2D eigenvalue weighted by Crippen LogP contribution is -2.33. The van der Waals surface area contributed by atoms with E-state index in [4.69, 9.17) is 5.73 Å². The van der Waals surface area contributed by atoms with E-state index in [1.807, 2.05) is 36.4 Å². The van der Waals surface area contributed by atoms with E-state index in [0.717, 1.165) is 5.56 Å². The van der Waals surface area contributed by atoms with Crippen molar-refractivity contribution in [1.82, 2.24) is 5.32 Å². The first-order chi connectivity index (χ1) is 7.22. The summed E-state index contributed by atoms with van der Waals surface area (Å²) in [5, 5.41) is 2.40. The lowest BCUT2D eigenvalue weighted by molar-refractivity contribution is 0.253. The predicted octanol–water partition coefficient (Wildman–Crippen LogP) is 1.40. The Morgan fingerprint density at radius 2 is 2.07 bits per heavy atom. The first kappa shape index (κ1) is 11.0. The van der Waals surface area contributed by atoms with Crippen molar-refractivity contribution in [2.24, 2.45) is 10.7 Å². The smallest absolute Gasteiger partial charge is 0.317 e. The molecule has 0 spiro atoms. The van der Waals surface area contributed by atoms with Crippen LogP contribution >= 0.6 is 0 Å². The highest BCUT2D eigenvalue weighted by Crippen LogP contribution is 2.00. The molecule has 0 radical (unpaired) electrons. The molecule has 0 saturated heterocycles. The van der Waals surface area contributed by atoms with Gasteiger partial charge < -0.3 is 5.73 Å². The van der Waals surface area contributed by atoms with Gasteiger partial charge in [0.2, 0.25) is 0 Å². The molecule has 15 heavy (non-hydrogen) atoms. The Labute approximate surface area is 88.5 Å². The van der Waals surface area contributed by atoms with Crippen LogP contribution in [-0.4, -0.2) is 18.9 Å². The minimum absolute atomic E-state index is 0.436. The number of aliphatic imine (C=N–C) groups is 1. The van der Waals surface area contributed by atoms with Gasteiger partial charge in [-0.15, -0.1) is 0 Å². The number of carbonyl (C=O) groups excluding carboxylic acids is 1. The molecule has 0 unspecified atom stereocenters. The molecular weight excluding hydrogens is 190 g/mol. The predicted molar refractivity (Wildman–Crippen MR) is 61.6 cm³/mol. The number of benzene rings is 1. The summed E-state index contributed by atoms with van der Waals surface area (Å²) in [5.74, 6) is 0.436. The Morgan fingerprint density at radius 1 is 1.40 bits per heavy atom. The van der Waals surface area contributed by atoms with Crippen LogP contribution in [0, 0.1) is 0 Å². The first-order valence-corrected chi connectivity index (χ1v) is 4.48. The molecular formula is C11H13N3O. The van der Waals surface area contributed by atoms with E-state index in [1.54, 1.807) is 13.1 Å². The summed E-state index contributed by atoms with van der Waals surface area (Å²) in [6.45, 7) is 0. The summed E-state index contributed by atoms with van der Waals surface area (Å²) < 4.78 is 0. The van der Waals surface area contributed by atoms with Crippen molar-refractivity contribution in [2.45, 2.75) is 0 Å². The molecule has 0 saturated carbocycles. The number of urea groups is 1. The maximum Gasteiger partial charge on any atom is 0.317 e. The van der Waals surface area contributed by atoms with Crippen molar-refractivity contribution in [3.8, 4) is 0 Å². The minimum Gasteiger partial charge on any atom is -0.351 e. The van der Waals surface area contributed by atoms with Gasteiger partial charge in [0.05, 0.1) is 0 Å². The molecule has 78 valence electrons. The molecule has 3 N–H and O–H groups in total. The van der Waals surface area contributed by atoms with Gasteiger partial charge in [-0.2, -0.15) is 0 Å². The Kier molecular flexibility index (Phi) is 4.09. The van der Waals surface area contributed by atoms with Gasteiger partial charge in [0.1, 0.15) is 5.84 Å². The van der Waals surface area contributed by atoms with Crippen LogP contribution in [0.25, 0.3) is 6.08 Å². The topological polar surface area (TPSA) is 67.5 Å². The van der Waals surface area contributed by atoms with Crippen LogP contribution < -0.4 is 11.1 Å². The molecule has 0 aliphatic carbocycles. The van der Waals surface area contributed by atoms with E-state index < -0.39 is 6.03 Å². The molecule has 2 amide bonds. The second kappa shape index (κ2) is 5.59. The Morgan fingerprint density at radius 3 is 2.60 bits per heavy atom. The quantitative estimate of drug-likeness (QED) is 0.553. The second-order valence-corrected chi connectivity index (χ2v) is 2.84. The lowest BCUT2D eigenvalue weighted by atomic mass is 10.2. The number of nitrogens with one attached hydrogen (secondary N) is 1.